The van der Waals surface area contributed by atoms with Crippen molar-refractivity contribution in [2.45, 2.75) is 18.4 Å². The SMILES string of the molecule is CCN(Cc1nc2ccccc2c(=O)[nH]1)C(=O)CSc1ccc([N+](=O)[O-])cc1. The van der Waals surface area contributed by atoms with E-state index < -0.39 is 4.92 Å². The molecule has 0 unspecified atom stereocenters. The van der Waals surface area contributed by atoms with Gasteiger partial charge in [-0.05, 0) is 31.2 Å². The summed E-state index contributed by atoms with van der Waals surface area (Å²) in [7, 11) is 0. The van der Waals surface area contributed by atoms with Crippen LogP contribution >= 0.6 is 11.8 Å². The van der Waals surface area contributed by atoms with E-state index in [0.29, 0.717) is 23.3 Å². The van der Waals surface area contributed by atoms with Crippen molar-refractivity contribution in [1.82, 2.24) is 14.9 Å². The fourth-order valence-electron chi connectivity index (χ4n) is 2.67. The Kier molecular flexibility index (Phi) is 6.05. The van der Waals surface area contributed by atoms with E-state index in [-0.39, 0.29) is 29.5 Å². The topological polar surface area (TPSA) is 109 Å². The van der Waals surface area contributed by atoms with Gasteiger partial charge in [0.2, 0.25) is 5.91 Å². The molecule has 1 heterocycles. The number of aromatic nitrogens is 2. The van der Waals surface area contributed by atoms with Gasteiger partial charge in [0.25, 0.3) is 11.2 Å². The Balaban J connectivity index is 1.66. The van der Waals surface area contributed by atoms with Crippen LogP contribution in [0, 0.1) is 10.1 Å². The van der Waals surface area contributed by atoms with Crippen molar-refractivity contribution in [2.75, 3.05) is 12.3 Å². The van der Waals surface area contributed by atoms with Gasteiger partial charge in [-0.25, -0.2) is 4.98 Å². The lowest BCUT2D eigenvalue weighted by molar-refractivity contribution is -0.384. The third kappa shape index (κ3) is 4.55. The van der Waals surface area contributed by atoms with Gasteiger partial charge in [0, 0.05) is 23.6 Å². The molecular formula is C19H18N4O4S. The Morgan fingerprint density at radius 2 is 1.93 bits per heavy atom. The average Bonchev–Trinajstić information content (AvgIpc) is 2.70. The lowest BCUT2D eigenvalue weighted by Gasteiger charge is -2.20. The van der Waals surface area contributed by atoms with E-state index in [9.17, 15) is 19.7 Å². The van der Waals surface area contributed by atoms with E-state index in [0.717, 1.165) is 4.90 Å². The average molecular weight is 398 g/mol. The summed E-state index contributed by atoms with van der Waals surface area (Å²) in [5, 5.41) is 11.2. The van der Waals surface area contributed by atoms with Crippen molar-refractivity contribution in [1.29, 1.82) is 0 Å². The molecule has 2 aromatic carbocycles. The predicted molar refractivity (Wildman–Crippen MR) is 107 cm³/mol. The van der Waals surface area contributed by atoms with Crippen molar-refractivity contribution in [3.63, 3.8) is 0 Å². The van der Waals surface area contributed by atoms with Gasteiger partial charge in [-0.15, -0.1) is 11.8 Å². The van der Waals surface area contributed by atoms with Gasteiger partial charge in [0.1, 0.15) is 5.82 Å². The Morgan fingerprint density at radius 1 is 1.21 bits per heavy atom. The number of nitro groups is 1. The zero-order valence-corrected chi connectivity index (χ0v) is 15.9. The molecule has 0 fully saturated rings. The molecule has 0 aliphatic heterocycles. The van der Waals surface area contributed by atoms with Crippen LogP contribution in [0.4, 0.5) is 5.69 Å². The largest absolute Gasteiger partial charge is 0.335 e. The summed E-state index contributed by atoms with van der Waals surface area (Å²) in [4.78, 5) is 44.5. The van der Waals surface area contributed by atoms with Crippen molar-refractivity contribution < 1.29 is 9.72 Å². The monoisotopic (exact) mass is 398 g/mol. The lowest BCUT2D eigenvalue weighted by Crippen LogP contribution is -2.33. The van der Waals surface area contributed by atoms with Crippen LogP contribution in [0.15, 0.2) is 58.2 Å². The van der Waals surface area contributed by atoms with E-state index in [4.69, 9.17) is 0 Å². The maximum Gasteiger partial charge on any atom is 0.269 e. The number of non-ortho nitro benzene ring substituents is 1. The smallest absolute Gasteiger partial charge is 0.269 e. The van der Waals surface area contributed by atoms with Gasteiger partial charge in [-0.2, -0.15) is 0 Å². The second-order valence-corrected chi connectivity index (χ2v) is 7.03. The molecule has 1 N–H and O–H groups in total. The highest BCUT2D eigenvalue weighted by Crippen LogP contribution is 2.22. The second kappa shape index (κ2) is 8.66. The number of amides is 1. The van der Waals surface area contributed by atoms with Gasteiger partial charge in [0.15, 0.2) is 0 Å². The number of carbonyl (C=O) groups is 1. The number of aromatic amines is 1. The number of nitrogens with one attached hydrogen (secondary N) is 1. The summed E-state index contributed by atoms with van der Waals surface area (Å²) in [6.07, 6.45) is 0. The molecule has 0 atom stereocenters. The fraction of sp³-hybridized carbons (Fsp3) is 0.211. The maximum atomic E-state index is 12.6. The van der Waals surface area contributed by atoms with E-state index >= 15 is 0 Å². The number of rotatable bonds is 7. The van der Waals surface area contributed by atoms with Crippen molar-refractivity contribution in [3.05, 3.63) is 74.8 Å². The predicted octanol–water partition coefficient (Wildman–Crippen LogP) is 2.97. The van der Waals surface area contributed by atoms with E-state index in [1.54, 1.807) is 35.2 Å². The summed E-state index contributed by atoms with van der Waals surface area (Å²) < 4.78 is 0. The number of nitrogens with zero attached hydrogens (tertiary/aromatic N) is 3. The highest BCUT2D eigenvalue weighted by molar-refractivity contribution is 8.00. The van der Waals surface area contributed by atoms with Crippen LogP contribution in [0.1, 0.15) is 12.7 Å². The third-order valence-corrected chi connectivity index (χ3v) is 5.14. The molecule has 0 saturated heterocycles. The molecule has 1 aromatic heterocycles. The molecular weight excluding hydrogens is 380 g/mol. The normalized spacial score (nSPS) is 10.8. The molecule has 0 radical (unpaired) electrons. The first-order valence-electron chi connectivity index (χ1n) is 8.61. The fourth-order valence-corrected chi connectivity index (χ4v) is 3.47. The number of carbonyl (C=O) groups excluding carboxylic acids is 1. The number of nitro benzene ring substituents is 1. The van der Waals surface area contributed by atoms with Gasteiger partial charge in [0.05, 0.1) is 28.1 Å². The van der Waals surface area contributed by atoms with Gasteiger partial charge < -0.3 is 9.88 Å². The standard InChI is InChI=1S/C19H18N4O4S/c1-2-22(11-17-20-16-6-4-3-5-15(16)19(25)21-17)18(24)12-28-14-9-7-13(8-10-14)23(26)27/h3-10H,2,11-12H2,1H3,(H,20,21,25). The third-order valence-electron chi connectivity index (χ3n) is 4.15. The minimum absolute atomic E-state index is 0.0113. The van der Waals surface area contributed by atoms with Crippen LogP contribution < -0.4 is 5.56 Å². The molecule has 144 valence electrons. The zero-order valence-electron chi connectivity index (χ0n) is 15.1. The van der Waals surface area contributed by atoms with Crippen LogP contribution in [0.3, 0.4) is 0 Å². The quantitative estimate of drug-likeness (QED) is 0.372. The van der Waals surface area contributed by atoms with Crippen molar-refractivity contribution in [3.8, 4) is 0 Å². The first-order valence-corrected chi connectivity index (χ1v) is 9.59. The maximum absolute atomic E-state index is 12.6. The molecule has 8 nitrogen and oxygen atoms in total. The Bertz CT molecular complexity index is 1070. The summed E-state index contributed by atoms with van der Waals surface area (Å²) in [5.41, 5.74) is 0.367. The molecule has 0 saturated carbocycles. The molecule has 0 bridgehead atoms. The summed E-state index contributed by atoms with van der Waals surface area (Å²) in [6, 6.07) is 13.1. The second-order valence-electron chi connectivity index (χ2n) is 5.98. The highest BCUT2D eigenvalue weighted by atomic mass is 32.2. The molecule has 0 spiro atoms. The minimum Gasteiger partial charge on any atom is -0.335 e. The molecule has 0 aliphatic rings. The zero-order chi connectivity index (χ0) is 20.1. The molecule has 3 rings (SSSR count). The highest BCUT2D eigenvalue weighted by Gasteiger charge is 2.15. The van der Waals surface area contributed by atoms with Crippen LogP contribution in [-0.4, -0.2) is 38.0 Å². The van der Waals surface area contributed by atoms with Crippen LogP contribution in [-0.2, 0) is 11.3 Å². The summed E-state index contributed by atoms with van der Waals surface area (Å²) >= 11 is 1.30. The summed E-state index contributed by atoms with van der Waals surface area (Å²) in [6.45, 7) is 2.53. The van der Waals surface area contributed by atoms with E-state index in [1.807, 2.05) is 13.0 Å². The Morgan fingerprint density at radius 3 is 2.61 bits per heavy atom. The van der Waals surface area contributed by atoms with E-state index in [2.05, 4.69) is 9.97 Å². The number of para-hydroxylation sites is 1. The van der Waals surface area contributed by atoms with Crippen molar-refractivity contribution >= 4 is 34.3 Å². The number of benzene rings is 2. The number of hydrogen-bond acceptors (Lipinski definition) is 6. The number of thioether (sulfide) groups is 1. The van der Waals surface area contributed by atoms with Crippen LogP contribution in [0.2, 0.25) is 0 Å². The van der Waals surface area contributed by atoms with Crippen LogP contribution in [0.25, 0.3) is 10.9 Å². The van der Waals surface area contributed by atoms with Crippen LogP contribution in [0.5, 0.6) is 0 Å². The van der Waals surface area contributed by atoms with E-state index in [1.165, 1.54) is 23.9 Å². The van der Waals surface area contributed by atoms with Gasteiger partial charge >= 0.3 is 0 Å². The van der Waals surface area contributed by atoms with Gasteiger partial charge in [-0.3, -0.25) is 19.7 Å². The number of H-pyrrole nitrogens is 1. The minimum atomic E-state index is -0.463. The van der Waals surface area contributed by atoms with Gasteiger partial charge in [-0.1, -0.05) is 12.1 Å². The lowest BCUT2D eigenvalue weighted by atomic mass is 10.2. The Hall–Kier alpha value is -3.20. The number of hydrogen-bond donors (Lipinski definition) is 1. The molecule has 0 aliphatic carbocycles. The molecule has 3 aromatic rings. The Labute approximate surface area is 164 Å². The first kappa shape index (κ1) is 19.6. The first-order chi connectivity index (χ1) is 13.5. The molecule has 9 heteroatoms. The van der Waals surface area contributed by atoms with Crippen molar-refractivity contribution in [2.24, 2.45) is 0 Å². The summed E-state index contributed by atoms with van der Waals surface area (Å²) in [5.74, 6) is 0.504. The molecule has 28 heavy (non-hydrogen) atoms. The number of fused-ring (bicyclic) bond motifs is 1. The molecule has 1 amide bonds.